The van der Waals surface area contributed by atoms with Crippen molar-refractivity contribution in [2.24, 2.45) is 0 Å². The van der Waals surface area contributed by atoms with Gasteiger partial charge in [0.2, 0.25) is 0 Å². The fraction of sp³-hybridized carbons (Fsp3) is 0.600. The molecule has 0 spiro atoms. The van der Waals surface area contributed by atoms with E-state index in [0.717, 1.165) is 18.5 Å². The molecule has 1 N–H and O–H groups in total. The van der Waals surface area contributed by atoms with E-state index in [1.165, 1.54) is 19.3 Å². The molecule has 0 aliphatic heterocycles. The average molecular weight is 304 g/mol. The van der Waals surface area contributed by atoms with Crippen LogP contribution >= 0.6 is 23.2 Å². The lowest BCUT2D eigenvalue weighted by Gasteiger charge is -2.20. The summed E-state index contributed by atoms with van der Waals surface area (Å²) >= 11 is 12.5. The van der Waals surface area contributed by atoms with Crippen molar-refractivity contribution in [3.63, 3.8) is 0 Å². The third kappa shape index (κ3) is 4.87. The molecule has 4 heteroatoms. The van der Waals surface area contributed by atoms with Gasteiger partial charge in [0.05, 0.1) is 12.1 Å². The predicted molar refractivity (Wildman–Crippen MR) is 83.6 cm³/mol. The average Bonchev–Trinajstić information content (AvgIpc) is 2.40. The Balaban J connectivity index is 2.91. The van der Waals surface area contributed by atoms with Crippen LogP contribution in [-0.2, 0) is 0 Å². The molecule has 0 aliphatic carbocycles. The first-order chi connectivity index (χ1) is 9.13. The predicted octanol–water partition coefficient (Wildman–Crippen LogP) is 5.23. The van der Waals surface area contributed by atoms with Crippen molar-refractivity contribution in [3.05, 3.63) is 27.7 Å². The fourth-order valence-electron chi connectivity index (χ4n) is 2.18. The zero-order chi connectivity index (χ0) is 14.3. The maximum atomic E-state index is 6.34. The highest BCUT2D eigenvalue weighted by Gasteiger charge is 2.16. The number of methoxy groups -OCH3 is 1. The number of rotatable bonds is 8. The zero-order valence-electron chi connectivity index (χ0n) is 11.9. The molecule has 1 atom stereocenters. The molecule has 19 heavy (non-hydrogen) atoms. The molecule has 0 aromatic heterocycles. The molecule has 0 saturated heterocycles. The summed E-state index contributed by atoms with van der Waals surface area (Å²) in [4.78, 5) is 0. The minimum absolute atomic E-state index is 0.257. The van der Waals surface area contributed by atoms with E-state index in [0.29, 0.717) is 15.8 Å². The van der Waals surface area contributed by atoms with Crippen molar-refractivity contribution in [2.45, 2.75) is 45.6 Å². The van der Waals surface area contributed by atoms with Crippen LogP contribution in [0.5, 0.6) is 5.75 Å². The van der Waals surface area contributed by atoms with Crippen LogP contribution in [0, 0.1) is 0 Å². The number of hydrogen-bond acceptors (Lipinski definition) is 2. The molecule has 1 unspecified atom stereocenters. The van der Waals surface area contributed by atoms with Crippen molar-refractivity contribution in [1.82, 2.24) is 5.32 Å². The van der Waals surface area contributed by atoms with Crippen LogP contribution in [-0.4, -0.2) is 13.7 Å². The smallest absolute Gasteiger partial charge is 0.138 e. The van der Waals surface area contributed by atoms with E-state index < -0.39 is 0 Å². The molecule has 1 aromatic carbocycles. The molecule has 1 rings (SSSR count). The lowest BCUT2D eigenvalue weighted by molar-refractivity contribution is 0.414. The van der Waals surface area contributed by atoms with Crippen molar-refractivity contribution < 1.29 is 4.74 Å². The second-order valence-electron chi connectivity index (χ2n) is 4.61. The third-order valence-electron chi connectivity index (χ3n) is 3.19. The van der Waals surface area contributed by atoms with Crippen LogP contribution in [0.4, 0.5) is 0 Å². The molecule has 0 fully saturated rings. The summed E-state index contributed by atoms with van der Waals surface area (Å²) in [6.07, 6.45) is 4.72. The lowest BCUT2D eigenvalue weighted by Crippen LogP contribution is -2.21. The Morgan fingerprint density at radius 1 is 1.16 bits per heavy atom. The minimum Gasteiger partial charge on any atom is -0.495 e. The molecule has 0 amide bonds. The molecular weight excluding hydrogens is 281 g/mol. The van der Waals surface area contributed by atoms with E-state index in [-0.39, 0.29) is 6.04 Å². The van der Waals surface area contributed by atoms with Crippen molar-refractivity contribution in [3.8, 4) is 5.75 Å². The van der Waals surface area contributed by atoms with Gasteiger partial charge in [0.25, 0.3) is 0 Å². The van der Waals surface area contributed by atoms with E-state index >= 15 is 0 Å². The van der Waals surface area contributed by atoms with E-state index in [1.54, 1.807) is 13.2 Å². The number of nitrogens with one attached hydrogen (secondary N) is 1. The Morgan fingerprint density at radius 2 is 1.89 bits per heavy atom. The summed E-state index contributed by atoms with van der Waals surface area (Å²) in [6, 6.07) is 3.97. The van der Waals surface area contributed by atoms with Crippen LogP contribution in [0.2, 0.25) is 10.0 Å². The largest absolute Gasteiger partial charge is 0.495 e. The molecular formula is C15H23Cl2NO. The van der Waals surface area contributed by atoms with Gasteiger partial charge in [-0.3, -0.25) is 0 Å². The summed E-state index contributed by atoms with van der Waals surface area (Å²) in [5.74, 6) is 0.624. The van der Waals surface area contributed by atoms with Gasteiger partial charge < -0.3 is 10.1 Å². The van der Waals surface area contributed by atoms with Gasteiger partial charge in [-0.2, -0.15) is 0 Å². The monoisotopic (exact) mass is 303 g/mol. The summed E-state index contributed by atoms with van der Waals surface area (Å²) in [5.41, 5.74) is 1.06. The van der Waals surface area contributed by atoms with Gasteiger partial charge >= 0.3 is 0 Å². The quantitative estimate of drug-likeness (QED) is 0.664. The van der Waals surface area contributed by atoms with Crippen LogP contribution < -0.4 is 10.1 Å². The van der Waals surface area contributed by atoms with Gasteiger partial charge in [0.1, 0.15) is 5.75 Å². The topological polar surface area (TPSA) is 21.3 Å². The number of unbranched alkanes of at least 4 members (excludes halogenated alkanes) is 2. The first-order valence-corrected chi connectivity index (χ1v) is 7.65. The Bertz CT molecular complexity index is 396. The molecule has 1 aromatic rings. The highest BCUT2D eigenvalue weighted by molar-refractivity contribution is 6.34. The Hall–Kier alpha value is -0.440. The zero-order valence-corrected chi connectivity index (χ0v) is 13.4. The SMILES string of the molecule is CCCCCC(NCC)c1cc(Cl)c(OC)cc1Cl. The number of ether oxygens (including phenoxy) is 1. The van der Waals surface area contributed by atoms with Crippen LogP contribution in [0.3, 0.4) is 0 Å². The lowest BCUT2D eigenvalue weighted by atomic mass is 10.00. The molecule has 2 nitrogen and oxygen atoms in total. The molecule has 0 saturated carbocycles. The maximum absolute atomic E-state index is 6.34. The highest BCUT2D eigenvalue weighted by Crippen LogP contribution is 2.35. The second-order valence-corrected chi connectivity index (χ2v) is 5.43. The maximum Gasteiger partial charge on any atom is 0.138 e. The van der Waals surface area contributed by atoms with E-state index in [2.05, 4.69) is 19.2 Å². The Morgan fingerprint density at radius 3 is 2.47 bits per heavy atom. The Kier molecular flexibility index (Phi) is 7.59. The number of halogens is 2. The van der Waals surface area contributed by atoms with Crippen molar-refractivity contribution in [1.29, 1.82) is 0 Å². The molecule has 0 heterocycles. The van der Waals surface area contributed by atoms with E-state index in [9.17, 15) is 0 Å². The van der Waals surface area contributed by atoms with E-state index in [4.69, 9.17) is 27.9 Å². The number of benzene rings is 1. The Labute approximate surface area is 126 Å². The van der Waals surface area contributed by atoms with Gasteiger partial charge in [0, 0.05) is 17.1 Å². The standard InChI is InChI=1S/C15H23Cl2NO/c1-4-6-7-8-14(18-5-2)11-9-13(17)15(19-3)10-12(11)16/h9-10,14,18H,4-8H2,1-3H3. The fourth-order valence-corrected chi connectivity index (χ4v) is 2.71. The second kappa shape index (κ2) is 8.68. The molecule has 0 radical (unpaired) electrons. The number of hydrogen-bond donors (Lipinski definition) is 1. The normalized spacial score (nSPS) is 12.5. The summed E-state index contributed by atoms with van der Waals surface area (Å²) in [7, 11) is 1.60. The molecule has 0 bridgehead atoms. The van der Waals surface area contributed by atoms with E-state index in [1.807, 2.05) is 6.07 Å². The van der Waals surface area contributed by atoms with Gasteiger partial charge in [-0.1, -0.05) is 56.3 Å². The minimum atomic E-state index is 0.257. The third-order valence-corrected chi connectivity index (χ3v) is 3.82. The molecule has 108 valence electrons. The van der Waals surface area contributed by atoms with Gasteiger partial charge in [0.15, 0.2) is 0 Å². The van der Waals surface area contributed by atoms with Crippen molar-refractivity contribution in [2.75, 3.05) is 13.7 Å². The van der Waals surface area contributed by atoms with Gasteiger partial charge in [-0.05, 0) is 24.6 Å². The van der Waals surface area contributed by atoms with Crippen molar-refractivity contribution >= 4 is 23.2 Å². The van der Waals surface area contributed by atoms with Crippen LogP contribution in [0.1, 0.15) is 51.1 Å². The van der Waals surface area contributed by atoms with Crippen LogP contribution in [0.15, 0.2) is 12.1 Å². The first kappa shape index (κ1) is 16.6. The van der Waals surface area contributed by atoms with Gasteiger partial charge in [-0.15, -0.1) is 0 Å². The highest BCUT2D eigenvalue weighted by atomic mass is 35.5. The van der Waals surface area contributed by atoms with Crippen LogP contribution in [0.25, 0.3) is 0 Å². The first-order valence-electron chi connectivity index (χ1n) is 6.90. The summed E-state index contributed by atoms with van der Waals surface area (Å²) < 4.78 is 5.18. The summed E-state index contributed by atoms with van der Waals surface area (Å²) in [5, 5.41) is 4.80. The van der Waals surface area contributed by atoms with Gasteiger partial charge in [-0.25, -0.2) is 0 Å². The summed E-state index contributed by atoms with van der Waals surface area (Å²) in [6.45, 7) is 5.22. The molecule has 0 aliphatic rings.